The number of piperazine rings is 1. The van der Waals surface area contributed by atoms with Crippen molar-refractivity contribution < 1.29 is 18.3 Å². The number of aliphatic hydroxyl groups is 1. The molecule has 0 spiro atoms. The Kier molecular flexibility index (Phi) is 11.5. The molecule has 3 aliphatic heterocycles. The summed E-state index contributed by atoms with van der Waals surface area (Å²) in [6.45, 7) is 9.40. The lowest BCUT2D eigenvalue weighted by atomic mass is 9.72. The van der Waals surface area contributed by atoms with Crippen LogP contribution in [-0.4, -0.2) is 85.8 Å². The van der Waals surface area contributed by atoms with Crippen molar-refractivity contribution in [3.8, 4) is 0 Å². The van der Waals surface area contributed by atoms with Crippen molar-refractivity contribution in [2.75, 3.05) is 32.0 Å². The molecule has 0 aromatic heterocycles. The Hall–Kier alpha value is -0.780. The number of aliphatic hydroxyl groups excluding tert-OH is 1. The third-order valence-electron chi connectivity index (χ3n) is 10.5. The summed E-state index contributed by atoms with van der Waals surface area (Å²) in [6, 6.07) is 8.53. The number of rotatable bonds is 12. The topological polar surface area (TPSA) is 103 Å². The number of nitrogens with zero attached hydrogens (tertiary/aromatic N) is 1. The van der Waals surface area contributed by atoms with E-state index in [1.165, 1.54) is 5.56 Å². The molecule has 9 atom stereocenters. The average molecular weight is 639 g/mol. The molecule has 43 heavy (non-hydrogen) atoms. The Bertz CT molecular complexity index is 1140. The maximum Gasteiger partial charge on any atom is 0.214 e. The van der Waals surface area contributed by atoms with Gasteiger partial charge >= 0.3 is 0 Å². The van der Waals surface area contributed by atoms with Crippen LogP contribution in [0.2, 0.25) is 5.02 Å². The number of benzene rings is 1. The molecule has 1 aliphatic carbocycles. The van der Waals surface area contributed by atoms with Crippen molar-refractivity contribution in [3.05, 3.63) is 34.9 Å². The van der Waals surface area contributed by atoms with E-state index in [0.29, 0.717) is 18.4 Å². The van der Waals surface area contributed by atoms with Crippen LogP contribution in [0.15, 0.2) is 24.3 Å². The zero-order chi connectivity index (χ0) is 30.6. The Morgan fingerprint density at radius 1 is 1.14 bits per heavy atom. The van der Waals surface area contributed by atoms with Crippen molar-refractivity contribution in [3.63, 3.8) is 0 Å². The van der Waals surface area contributed by atoms with E-state index in [4.69, 9.17) is 16.3 Å². The third-order valence-corrected chi connectivity index (χ3v) is 12.7. The molecule has 8 nitrogen and oxygen atoms in total. The zero-order valence-corrected chi connectivity index (χ0v) is 28.0. The van der Waals surface area contributed by atoms with Gasteiger partial charge in [0.05, 0.1) is 17.4 Å². The highest BCUT2D eigenvalue weighted by Gasteiger charge is 2.42. The maximum absolute atomic E-state index is 13.0. The first-order valence-electron chi connectivity index (χ1n) is 16.9. The van der Waals surface area contributed by atoms with E-state index < -0.39 is 16.3 Å². The Balaban J connectivity index is 1.29. The molecule has 4 N–H and O–H groups in total. The highest BCUT2D eigenvalue weighted by molar-refractivity contribution is 7.89. The molecule has 3 unspecified atom stereocenters. The summed E-state index contributed by atoms with van der Waals surface area (Å²) in [7, 11) is -3.18. The number of sulfonamides is 1. The van der Waals surface area contributed by atoms with Gasteiger partial charge in [0.1, 0.15) is 6.23 Å². The van der Waals surface area contributed by atoms with Crippen LogP contribution in [0.1, 0.15) is 96.5 Å². The van der Waals surface area contributed by atoms with E-state index in [1.807, 2.05) is 16.4 Å². The van der Waals surface area contributed by atoms with Crippen molar-refractivity contribution in [2.45, 2.75) is 127 Å². The standard InChI is InChI=1S/C33H55ClN4O4S/c1-4-17-35-31(30(24-10-13-26(34)14-11-24)25-16-18-42-33(2,3)20-25)32(39)37-29-9-5-7-23(29)12-15-28-21-36-27-8-6-19-43(40,41)38(28)22-27/h10-11,13-14,23,25,27-32,35-37,39H,4-9,12,15-22H2,1-3H3/t23-,25?,27-,28+,29+,30+,31+,32?/m1/s1. The van der Waals surface area contributed by atoms with Crippen molar-refractivity contribution in [2.24, 2.45) is 11.8 Å². The molecule has 10 heteroatoms. The molecule has 244 valence electrons. The maximum atomic E-state index is 13.0. The minimum atomic E-state index is -3.18. The molecule has 2 bridgehead atoms. The second-order valence-electron chi connectivity index (χ2n) is 14.2. The van der Waals surface area contributed by atoms with Crippen LogP contribution in [0.5, 0.6) is 0 Å². The van der Waals surface area contributed by atoms with Gasteiger partial charge in [0.2, 0.25) is 10.0 Å². The molecule has 4 aliphatic rings. The van der Waals surface area contributed by atoms with Crippen molar-refractivity contribution in [1.29, 1.82) is 0 Å². The lowest BCUT2D eigenvalue weighted by molar-refractivity contribution is -0.0826. The lowest BCUT2D eigenvalue weighted by Gasteiger charge is -2.44. The van der Waals surface area contributed by atoms with Crippen molar-refractivity contribution >= 4 is 21.6 Å². The van der Waals surface area contributed by atoms with Gasteiger partial charge in [-0.2, -0.15) is 4.31 Å². The zero-order valence-electron chi connectivity index (χ0n) is 26.4. The summed E-state index contributed by atoms with van der Waals surface area (Å²) in [5, 5.41) is 23.8. The molecular formula is C33H55ClN4O4S. The lowest BCUT2D eigenvalue weighted by Crippen LogP contribution is -2.57. The Morgan fingerprint density at radius 2 is 1.93 bits per heavy atom. The SMILES string of the molecule is CCCN[C@H](C(O)N[C@H]1CCC[C@@H]1CC[C@H]1CN[C@@H]2CCCS(=O)(=O)N1C2)[C@@H](c1ccc(Cl)cc1)C1CCOC(C)(C)C1. The quantitative estimate of drug-likeness (QED) is 0.248. The summed E-state index contributed by atoms with van der Waals surface area (Å²) in [5.41, 5.74) is 0.999. The number of ether oxygens (including phenoxy) is 1. The van der Waals surface area contributed by atoms with E-state index in [-0.39, 0.29) is 41.4 Å². The Morgan fingerprint density at radius 3 is 2.67 bits per heavy atom. The highest BCUT2D eigenvalue weighted by Crippen LogP contribution is 2.41. The van der Waals surface area contributed by atoms with Crippen LogP contribution in [0.4, 0.5) is 0 Å². The number of fused-ring (bicyclic) bond motifs is 2. The van der Waals surface area contributed by atoms with Crippen LogP contribution >= 0.6 is 11.6 Å². The summed E-state index contributed by atoms with van der Waals surface area (Å²) >= 11 is 6.30. The van der Waals surface area contributed by atoms with Crippen LogP contribution in [-0.2, 0) is 14.8 Å². The summed E-state index contributed by atoms with van der Waals surface area (Å²) in [4.78, 5) is 0. The monoisotopic (exact) mass is 638 g/mol. The molecule has 1 aromatic carbocycles. The van der Waals surface area contributed by atoms with E-state index in [0.717, 1.165) is 88.9 Å². The van der Waals surface area contributed by atoms with Gasteiger partial charge in [-0.25, -0.2) is 8.42 Å². The second kappa shape index (κ2) is 14.8. The average Bonchev–Trinajstić information content (AvgIpc) is 3.36. The molecule has 5 rings (SSSR count). The summed E-state index contributed by atoms with van der Waals surface area (Å²) in [5.74, 6) is 1.15. The van der Waals surface area contributed by atoms with Crippen LogP contribution in [0.25, 0.3) is 0 Å². The smallest absolute Gasteiger partial charge is 0.214 e. The van der Waals surface area contributed by atoms with Gasteiger partial charge in [-0.1, -0.05) is 37.1 Å². The number of nitrogens with one attached hydrogen (secondary N) is 3. The third kappa shape index (κ3) is 8.53. The van der Waals surface area contributed by atoms with Crippen LogP contribution in [0.3, 0.4) is 0 Å². The first kappa shape index (κ1) is 33.6. The van der Waals surface area contributed by atoms with Gasteiger partial charge in [-0.3, -0.25) is 5.32 Å². The molecule has 0 amide bonds. The molecule has 3 saturated heterocycles. The number of halogens is 1. The fraction of sp³-hybridized carbons (Fsp3) is 0.818. The van der Waals surface area contributed by atoms with Gasteiger partial charge in [-0.05, 0) is 108 Å². The first-order valence-corrected chi connectivity index (χ1v) is 18.8. The van der Waals surface area contributed by atoms with E-state index >= 15 is 0 Å². The van der Waals surface area contributed by atoms with Crippen LogP contribution in [0, 0.1) is 11.8 Å². The fourth-order valence-corrected chi connectivity index (χ4v) is 10.3. The summed E-state index contributed by atoms with van der Waals surface area (Å²) < 4.78 is 33.9. The second-order valence-corrected chi connectivity index (χ2v) is 16.7. The fourth-order valence-electron chi connectivity index (χ4n) is 8.37. The molecule has 1 aromatic rings. The number of hydrogen-bond donors (Lipinski definition) is 4. The van der Waals surface area contributed by atoms with E-state index in [9.17, 15) is 13.5 Å². The van der Waals surface area contributed by atoms with Gasteiger partial charge < -0.3 is 20.5 Å². The van der Waals surface area contributed by atoms with E-state index in [1.54, 1.807) is 0 Å². The van der Waals surface area contributed by atoms with Gasteiger partial charge in [0, 0.05) is 48.8 Å². The summed E-state index contributed by atoms with van der Waals surface area (Å²) in [6.07, 6.45) is 8.93. The largest absolute Gasteiger partial charge is 0.377 e. The van der Waals surface area contributed by atoms with E-state index in [2.05, 4.69) is 48.9 Å². The van der Waals surface area contributed by atoms with Gasteiger partial charge in [0.15, 0.2) is 0 Å². The van der Waals surface area contributed by atoms with Crippen molar-refractivity contribution in [1.82, 2.24) is 20.3 Å². The molecule has 3 heterocycles. The Labute approximate surface area is 265 Å². The van der Waals surface area contributed by atoms with Gasteiger partial charge in [0.25, 0.3) is 0 Å². The van der Waals surface area contributed by atoms with Crippen LogP contribution < -0.4 is 16.0 Å². The minimum Gasteiger partial charge on any atom is -0.377 e. The first-order chi connectivity index (χ1) is 20.6. The minimum absolute atomic E-state index is 0.0238. The molecule has 0 radical (unpaired) electrons. The number of hydrogen-bond acceptors (Lipinski definition) is 7. The predicted octanol–water partition coefficient (Wildman–Crippen LogP) is 4.62. The molecule has 4 fully saturated rings. The predicted molar refractivity (Wildman–Crippen MR) is 174 cm³/mol. The molecule has 1 saturated carbocycles. The molecular weight excluding hydrogens is 584 g/mol. The normalized spacial score (nSPS) is 34.3. The van der Waals surface area contributed by atoms with Gasteiger partial charge in [-0.15, -0.1) is 0 Å². The highest BCUT2D eigenvalue weighted by atomic mass is 35.5.